The Kier molecular flexibility index (Phi) is 2.01. The van der Waals surface area contributed by atoms with Crippen molar-refractivity contribution < 1.29 is 4.79 Å². The average molecular weight is 241 g/mol. The third-order valence-corrected chi connectivity index (χ3v) is 4.20. The molecule has 2 aliphatic rings. The molecule has 1 aliphatic heterocycles. The van der Waals surface area contributed by atoms with Gasteiger partial charge in [-0.1, -0.05) is 0 Å². The number of aromatic nitrogens is 2. The second kappa shape index (κ2) is 3.57. The molecular formula is C14H15N3O. The number of anilines is 1. The number of H-pyrrole nitrogens is 1. The Balaban J connectivity index is 1.96. The Morgan fingerprint density at radius 1 is 1.33 bits per heavy atom. The zero-order valence-electron chi connectivity index (χ0n) is 10.1. The summed E-state index contributed by atoms with van der Waals surface area (Å²) in [6, 6.07) is 2.35. The molecule has 1 fully saturated rings. The molecule has 4 rings (SSSR count). The van der Waals surface area contributed by atoms with Crippen molar-refractivity contribution in [2.45, 2.75) is 38.1 Å². The number of pyridine rings is 1. The molecule has 0 bridgehead atoms. The Bertz CT molecular complexity index is 627. The molecule has 0 unspecified atom stereocenters. The van der Waals surface area contributed by atoms with Crippen LogP contribution in [0.4, 0.5) is 5.82 Å². The first-order chi connectivity index (χ1) is 8.84. The van der Waals surface area contributed by atoms with Crippen LogP contribution < -0.4 is 4.90 Å². The van der Waals surface area contributed by atoms with E-state index in [-0.39, 0.29) is 5.91 Å². The molecule has 2 aromatic heterocycles. The summed E-state index contributed by atoms with van der Waals surface area (Å²) >= 11 is 0. The lowest BCUT2D eigenvalue weighted by Crippen LogP contribution is -2.44. The molecule has 92 valence electrons. The van der Waals surface area contributed by atoms with E-state index in [0.717, 1.165) is 36.0 Å². The normalized spacial score (nSPS) is 20.0. The Labute approximate surface area is 105 Å². The van der Waals surface area contributed by atoms with Gasteiger partial charge in [-0.25, -0.2) is 4.98 Å². The Morgan fingerprint density at radius 3 is 3.00 bits per heavy atom. The molecule has 1 saturated carbocycles. The first-order valence-corrected chi connectivity index (χ1v) is 6.61. The standard InChI is InChI=1S/C14H15N3O/c18-12-5-4-9-8-16-11-6-7-15-14(13(9)11)17(12)10-2-1-3-10/h6-8,10,16H,1-5H2. The number of aryl methyl sites for hydroxylation is 1. The lowest BCUT2D eigenvalue weighted by Gasteiger charge is -2.36. The van der Waals surface area contributed by atoms with E-state index in [1.165, 1.54) is 12.0 Å². The number of aromatic amines is 1. The number of carbonyl (C=O) groups excluding carboxylic acids is 1. The molecule has 0 aromatic carbocycles. The highest BCUT2D eigenvalue weighted by Crippen LogP contribution is 2.37. The lowest BCUT2D eigenvalue weighted by molar-refractivity contribution is -0.119. The SMILES string of the molecule is O=C1CCc2c[nH]c3ccnc(c23)N1C1CCC1. The van der Waals surface area contributed by atoms with Crippen molar-refractivity contribution in [3.63, 3.8) is 0 Å². The summed E-state index contributed by atoms with van der Waals surface area (Å²) in [4.78, 5) is 22.1. The van der Waals surface area contributed by atoms with Crippen molar-refractivity contribution in [2.24, 2.45) is 0 Å². The van der Waals surface area contributed by atoms with Crippen LogP contribution in [0.3, 0.4) is 0 Å². The third kappa shape index (κ3) is 1.26. The first kappa shape index (κ1) is 10.1. The van der Waals surface area contributed by atoms with Gasteiger partial charge in [0, 0.05) is 30.2 Å². The minimum absolute atomic E-state index is 0.232. The number of amides is 1. The van der Waals surface area contributed by atoms with Crippen LogP contribution in [0.2, 0.25) is 0 Å². The molecule has 2 aromatic rings. The monoisotopic (exact) mass is 241 g/mol. The fourth-order valence-corrected chi connectivity index (χ4v) is 3.01. The molecule has 1 N–H and O–H groups in total. The van der Waals surface area contributed by atoms with E-state index < -0.39 is 0 Å². The molecule has 1 amide bonds. The van der Waals surface area contributed by atoms with Gasteiger partial charge in [0.25, 0.3) is 0 Å². The first-order valence-electron chi connectivity index (χ1n) is 6.61. The summed E-state index contributed by atoms with van der Waals surface area (Å²) in [6.45, 7) is 0. The van der Waals surface area contributed by atoms with Crippen LogP contribution >= 0.6 is 0 Å². The molecule has 1 aliphatic carbocycles. The predicted octanol–water partition coefficient (Wildman–Crippen LogP) is 2.39. The number of rotatable bonds is 1. The quantitative estimate of drug-likeness (QED) is 0.833. The van der Waals surface area contributed by atoms with Gasteiger partial charge in [-0.05, 0) is 37.3 Å². The molecule has 0 saturated heterocycles. The number of hydrogen-bond acceptors (Lipinski definition) is 2. The van der Waals surface area contributed by atoms with Crippen molar-refractivity contribution >= 4 is 22.6 Å². The van der Waals surface area contributed by atoms with Crippen molar-refractivity contribution in [3.8, 4) is 0 Å². The van der Waals surface area contributed by atoms with Gasteiger partial charge in [-0.3, -0.25) is 9.69 Å². The number of carbonyl (C=O) groups is 1. The van der Waals surface area contributed by atoms with Gasteiger partial charge in [0.05, 0.1) is 5.52 Å². The fraction of sp³-hybridized carbons (Fsp3) is 0.429. The van der Waals surface area contributed by atoms with E-state index in [0.29, 0.717) is 12.5 Å². The third-order valence-electron chi connectivity index (χ3n) is 4.20. The highest BCUT2D eigenvalue weighted by molar-refractivity contribution is 6.05. The summed E-state index contributed by atoms with van der Waals surface area (Å²) in [5.74, 6) is 1.10. The fourth-order valence-electron chi connectivity index (χ4n) is 3.01. The zero-order valence-corrected chi connectivity index (χ0v) is 10.1. The summed E-state index contributed by atoms with van der Waals surface area (Å²) in [6.07, 6.45) is 8.69. The topological polar surface area (TPSA) is 49.0 Å². The van der Waals surface area contributed by atoms with Crippen LogP contribution in [0.1, 0.15) is 31.2 Å². The number of hydrogen-bond donors (Lipinski definition) is 1. The maximum absolute atomic E-state index is 12.3. The molecule has 0 radical (unpaired) electrons. The second-order valence-corrected chi connectivity index (χ2v) is 5.22. The molecular weight excluding hydrogens is 226 g/mol. The van der Waals surface area contributed by atoms with Crippen molar-refractivity contribution in [1.82, 2.24) is 9.97 Å². The number of nitrogens with one attached hydrogen (secondary N) is 1. The summed E-state index contributed by atoms with van der Waals surface area (Å²) in [5.41, 5.74) is 2.32. The van der Waals surface area contributed by atoms with Gasteiger partial charge in [0.2, 0.25) is 5.91 Å². The molecule has 0 atom stereocenters. The second-order valence-electron chi connectivity index (χ2n) is 5.22. The van der Waals surface area contributed by atoms with E-state index in [9.17, 15) is 4.79 Å². The predicted molar refractivity (Wildman–Crippen MR) is 69.5 cm³/mol. The largest absolute Gasteiger partial charge is 0.361 e. The molecule has 4 nitrogen and oxygen atoms in total. The van der Waals surface area contributed by atoms with Crippen molar-refractivity contribution in [2.75, 3.05) is 4.90 Å². The minimum Gasteiger partial charge on any atom is -0.361 e. The molecule has 4 heteroatoms. The van der Waals surface area contributed by atoms with Crippen LogP contribution in [-0.2, 0) is 11.2 Å². The average Bonchev–Trinajstić information content (AvgIpc) is 2.68. The Morgan fingerprint density at radius 2 is 2.22 bits per heavy atom. The Hall–Kier alpha value is -1.84. The molecule has 0 spiro atoms. The smallest absolute Gasteiger partial charge is 0.228 e. The summed E-state index contributed by atoms with van der Waals surface area (Å²) in [5, 5.41) is 1.15. The van der Waals surface area contributed by atoms with Gasteiger partial charge in [0.15, 0.2) is 0 Å². The van der Waals surface area contributed by atoms with Crippen LogP contribution in [-0.4, -0.2) is 21.9 Å². The van der Waals surface area contributed by atoms with E-state index in [4.69, 9.17) is 0 Å². The maximum atomic E-state index is 12.3. The van der Waals surface area contributed by atoms with E-state index in [2.05, 4.69) is 9.97 Å². The van der Waals surface area contributed by atoms with E-state index in [1.807, 2.05) is 17.2 Å². The van der Waals surface area contributed by atoms with E-state index >= 15 is 0 Å². The van der Waals surface area contributed by atoms with Gasteiger partial charge in [-0.2, -0.15) is 0 Å². The summed E-state index contributed by atoms with van der Waals surface area (Å²) in [7, 11) is 0. The lowest BCUT2D eigenvalue weighted by atomic mass is 9.91. The highest BCUT2D eigenvalue weighted by Gasteiger charge is 2.34. The minimum atomic E-state index is 0.232. The van der Waals surface area contributed by atoms with Gasteiger partial charge in [-0.15, -0.1) is 0 Å². The molecule has 3 heterocycles. The van der Waals surface area contributed by atoms with Crippen LogP contribution in [0.5, 0.6) is 0 Å². The van der Waals surface area contributed by atoms with Crippen LogP contribution in [0.15, 0.2) is 18.5 Å². The maximum Gasteiger partial charge on any atom is 0.228 e. The van der Waals surface area contributed by atoms with Crippen LogP contribution in [0, 0.1) is 0 Å². The van der Waals surface area contributed by atoms with Crippen molar-refractivity contribution in [1.29, 1.82) is 0 Å². The number of nitrogens with zero attached hydrogens (tertiary/aromatic N) is 2. The highest BCUT2D eigenvalue weighted by atomic mass is 16.2. The molecule has 18 heavy (non-hydrogen) atoms. The van der Waals surface area contributed by atoms with Crippen molar-refractivity contribution in [3.05, 3.63) is 24.0 Å². The van der Waals surface area contributed by atoms with Gasteiger partial charge in [0.1, 0.15) is 5.82 Å². The van der Waals surface area contributed by atoms with Gasteiger partial charge >= 0.3 is 0 Å². The van der Waals surface area contributed by atoms with Crippen LogP contribution in [0.25, 0.3) is 10.9 Å². The summed E-state index contributed by atoms with van der Waals surface area (Å²) < 4.78 is 0. The van der Waals surface area contributed by atoms with E-state index in [1.54, 1.807) is 6.20 Å². The van der Waals surface area contributed by atoms with Gasteiger partial charge < -0.3 is 4.98 Å². The zero-order chi connectivity index (χ0) is 12.1.